The molecule has 1 N–H and O–H groups in total. The Morgan fingerprint density at radius 1 is 1.17 bits per heavy atom. The van der Waals surface area contributed by atoms with Gasteiger partial charge in [0.1, 0.15) is 0 Å². The topological polar surface area (TPSA) is 23.5 Å². The van der Waals surface area contributed by atoms with Gasteiger partial charge in [-0.1, -0.05) is 26.2 Å². The molecule has 1 aliphatic carbocycles. The molecule has 0 bridgehead atoms. The number of hydrogen-bond donors (Lipinski definition) is 1. The van der Waals surface area contributed by atoms with E-state index in [9.17, 15) is 18.3 Å². The van der Waals surface area contributed by atoms with Crippen LogP contribution in [0.4, 0.5) is 13.2 Å². The summed E-state index contributed by atoms with van der Waals surface area (Å²) >= 11 is 0. The molecule has 1 rings (SSSR count). The number of hydrogen-bond acceptors (Lipinski definition) is 2. The van der Waals surface area contributed by atoms with Gasteiger partial charge in [0.05, 0.1) is 6.54 Å². The number of aliphatic hydroxyl groups excluding tert-OH is 1. The molecule has 0 spiro atoms. The highest BCUT2D eigenvalue weighted by atomic mass is 19.4. The Hall–Kier alpha value is -0.290. The first-order valence-electron chi connectivity index (χ1n) is 6.81. The van der Waals surface area contributed by atoms with Gasteiger partial charge in [-0.2, -0.15) is 13.2 Å². The lowest BCUT2D eigenvalue weighted by molar-refractivity contribution is -0.151. The molecule has 0 aliphatic heterocycles. The van der Waals surface area contributed by atoms with E-state index in [0.29, 0.717) is 19.5 Å². The second kappa shape index (κ2) is 6.75. The highest BCUT2D eigenvalue weighted by Crippen LogP contribution is 2.37. The zero-order valence-electron chi connectivity index (χ0n) is 11.1. The summed E-state index contributed by atoms with van der Waals surface area (Å²) in [5.41, 5.74) is -0.307. The predicted octanol–water partition coefficient (Wildman–Crippen LogP) is 3.20. The molecule has 0 atom stereocenters. The van der Waals surface area contributed by atoms with Gasteiger partial charge < -0.3 is 5.11 Å². The summed E-state index contributed by atoms with van der Waals surface area (Å²) in [6.07, 6.45) is 1.43. The maximum atomic E-state index is 12.5. The molecular weight excluding hydrogens is 243 g/mol. The standard InChI is InChI=1S/C13H24F3NO/c1-2-8-17(10-13(14,15)16)9-12(11-18)6-4-3-5-7-12/h18H,2-11H2,1H3. The Morgan fingerprint density at radius 3 is 2.22 bits per heavy atom. The summed E-state index contributed by atoms with van der Waals surface area (Å²) < 4.78 is 37.5. The van der Waals surface area contributed by atoms with Gasteiger partial charge in [0.2, 0.25) is 0 Å². The van der Waals surface area contributed by atoms with E-state index in [1.807, 2.05) is 6.92 Å². The smallest absolute Gasteiger partial charge is 0.396 e. The SMILES string of the molecule is CCCN(CC(F)(F)F)CC1(CO)CCCCC1. The molecule has 0 aromatic heterocycles. The minimum absolute atomic E-state index is 0.00503. The van der Waals surface area contributed by atoms with Crippen LogP contribution in [0.2, 0.25) is 0 Å². The lowest BCUT2D eigenvalue weighted by Gasteiger charge is -2.40. The number of rotatable bonds is 6. The van der Waals surface area contributed by atoms with Crippen molar-refractivity contribution in [2.24, 2.45) is 5.41 Å². The summed E-state index contributed by atoms with van der Waals surface area (Å²) in [5, 5.41) is 9.55. The van der Waals surface area contributed by atoms with Crippen molar-refractivity contribution in [1.82, 2.24) is 4.90 Å². The van der Waals surface area contributed by atoms with Crippen molar-refractivity contribution in [1.29, 1.82) is 0 Å². The third-order valence-corrected chi connectivity index (χ3v) is 3.75. The van der Waals surface area contributed by atoms with E-state index in [4.69, 9.17) is 0 Å². The lowest BCUT2D eigenvalue weighted by atomic mass is 9.74. The molecule has 2 nitrogen and oxygen atoms in total. The quantitative estimate of drug-likeness (QED) is 0.799. The average molecular weight is 267 g/mol. The van der Waals surface area contributed by atoms with Gasteiger partial charge in [0.25, 0.3) is 0 Å². The van der Waals surface area contributed by atoms with Gasteiger partial charge in [-0.3, -0.25) is 4.90 Å². The third-order valence-electron chi connectivity index (χ3n) is 3.75. The van der Waals surface area contributed by atoms with Crippen LogP contribution in [0.3, 0.4) is 0 Å². The van der Waals surface area contributed by atoms with Crippen LogP contribution in [0.5, 0.6) is 0 Å². The molecule has 1 fully saturated rings. The van der Waals surface area contributed by atoms with Gasteiger partial charge in [0, 0.05) is 18.6 Å². The van der Waals surface area contributed by atoms with Crippen LogP contribution in [0, 0.1) is 5.41 Å². The normalized spacial score (nSPS) is 20.3. The largest absolute Gasteiger partial charge is 0.401 e. The highest BCUT2D eigenvalue weighted by Gasteiger charge is 2.37. The minimum Gasteiger partial charge on any atom is -0.396 e. The van der Waals surface area contributed by atoms with Crippen LogP contribution in [-0.2, 0) is 0 Å². The highest BCUT2D eigenvalue weighted by molar-refractivity contribution is 4.86. The number of alkyl halides is 3. The van der Waals surface area contributed by atoms with Crippen molar-refractivity contribution in [3.63, 3.8) is 0 Å². The van der Waals surface area contributed by atoms with Crippen LogP contribution in [0.25, 0.3) is 0 Å². The molecule has 18 heavy (non-hydrogen) atoms. The van der Waals surface area contributed by atoms with Gasteiger partial charge in [0.15, 0.2) is 0 Å². The predicted molar refractivity (Wildman–Crippen MR) is 65.4 cm³/mol. The molecule has 0 saturated heterocycles. The number of halogens is 3. The molecule has 5 heteroatoms. The van der Waals surface area contributed by atoms with Crippen molar-refractivity contribution < 1.29 is 18.3 Å². The van der Waals surface area contributed by atoms with E-state index in [0.717, 1.165) is 32.1 Å². The Morgan fingerprint density at radius 2 is 1.78 bits per heavy atom. The van der Waals surface area contributed by atoms with E-state index in [-0.39, 0.29) is 12.0 Å². The van der Waals surface area contributed by atoms with Crippen LogP contribution in [0.15, 0.2) is 0 Å². The molecule has 108 valence electrons. The monoisotopic (exact) mass is 267 g/mol. The van der Waals surface area contributed by atoms with Crippen LogP contribution >= 0.6 is 0 Å². The minimum atomic E-state index is -4.15. The van der Waals surface area contributed by atoms with Crippen molar-refractivity contribution in [3.05, 3.63) is 0 Å². The van der Waals surface area contributed by atoms with Gasteiger partial charge in [-0.15, -0.1) is 0 Å². The van der Waals surface area contributed by atoms with Gasteiger partial charge >= 0.3 is 6.18 Å². The van der Waals surface area contributed by atoms with Crippen LogP contribution in [0.1, 0.15) is 45.4 Å². The van der Waals surface area contributed by atoms with E-state index in [1.54, 1.807) is 0 Å². The first kappa shape index (κ1) is 15.8. The second-order valence-corrected chi connectivity index (χ2v) is 5.54. The van der Waals surface area contributed by atoms with Crippen molar-refractivity contribution in [3.8, 4) is 0 Å². The molecular formula is C13H24F3NO. The molecule has 0 unspecified atom stereocenters. The Bertz CT molecular complexity index is 237. The summed E-state index contributed by atoms with van der Waals surface area (Å²) in [7, 11) is 0. The van der Waals surface area contributed by atoms with E-state index >= 15 is 0 Å². The number of aliphatic hydroxyl groups is 1. The molecule has 0 aromatic rings. The van der Waals surface area contributed by atoms with Crippen LogP contribution < -0.4 is 0 Å². The second-order valence-electron chi connectivity index (χ2n) is 5.54. The van der Waals surface area contributed by atoms with Gasteiger partial charge in [-0.05, 0) is 25.8 Å². The lowest BCUT2D eigenvalue weighted by Crippen LogP contribution is -2.45. The zero-order chi connectivity index (χ0) is 13.6. The van der Waals surface area contributed by atoms with Crippen LogP contribution in [-0.4, -0.2) is 42.4 Å². The third kappa shape index (κ3) is 5.14. The number of nitrogens with zero attached hydrogens (tertiary/aromatic N) is 1. The van der Waals surface area contributed by atoms with E-state index in [1.165, 1.54) is 4.90 Å². The van der Waals surface area contributed by atoms with E-state index < -0.39 is 12.7 Å². The first-order valence-corrected chi connectivity index (χ1v) is 6.81. The van der Waals surface area contributed by atoms with Crippen molar-refractivity contribution >= 4 is 0 Å². The van der Waals surface area contributed by atoms with Crippen molar-refractivity contribution in [2.45, 2.75) is 51.6 Å². The maximum Gasteiger partial charge on any atom is 0.401 e. The maximum absolute atomic E-state index is 12.5. The molecule has 0 heterocycles. The summed E-state index contributed by atoms with van der Waals surface area (Å²) in [6, 6.07) is 0. The Labute approximate surface area is 107 Å². The Balaban J connectivity index is 2.62. The summed E-state index contributed by atoms with van der Waals surface area (Å²) in [5.74, 6) is 0. The molecule has 1 saturated carbocycles. The molecule has 0 radical (unpaired) electrons. The van der Waals surface area contributed by atoms with Crippen molar-refractivity contribution in [2.75, 3.05) is 26.2 Å². The van der Waals surface area contributed by atoms with E-state index in [2.05, 4.69) is 0 Å². The summed E-state index contributed by atoms with van der Waals surface area (Å²) in [6.45, 7) is 1.85. The fraction of sp³-hybridized carbons (Fsp3) is 1.00. The Kier molecular flexibility index (Phi) is 5.92. The molecule has 1 aliphatic rings. The fourth-order valence-electron chi connectivity index (χ4n) is 2.93. The van der Waals surface area contributed by atoms with Gasteiger partial charge in [-0.25, -0.2) is 0 Å². The average Bonchev–Trinajstić information content (AvgIpc) is 2.28. The molecule has 0 aromatic carbocycles. The molecule has 0 amide bonds. The summed E-state index contributed by atoms with van der Waals surface area (Å²) in [4.78, 5) is 1.46. The zero-order valence-corrected chi connectivity index (χ0v) is 11.1. The first-order chi connectivity index (χ1) is 8.41. The fourth-order valence-corrected chi connectivity index (χ4v) is 2.93.